The molecule has 3 aromatic rings. The summed E-state index contributed by atoms with van der Waals surface area (Å²) in [4.78, 5) is 13.1. The number of benzene rings is 3. The fourth-order valence-corrected chi connectivity index (χ4v) is 7.41. The number of hydrogen-bond donors (Lipinski definition) is 1. The molecule has 0 aliphatic carbocycles. The van der Waals surface area contributed by atoms with E-state index in [9.17, 15) is 21.6 Å². The van der Waals surface area contributed by atoms with E-state index < -0.39 is 32.5 Å². The smallest absolute Gasteiger partial charge is 0.264 e. The number of aryl methyl sites for hydroxylation is 1. The molecule has 0 bridgehead atoms. The monoisotopic (exact) mass is 577 g/mol. The van der Waals surface area contributed by atoms with E-state index in [2.05, 4.69) is 5.32 Å². The van der Waals surface area contributed by atoms with Crippen LogP contribution in [0.1, 0.15) is 18.1 Å². The van der Waals surface area contributed by atoms with E-state index in [1.165, 1.54) is 47.8 Å². The summed E-state index contributed by atoms with van der Waals surface area (Å²) in [6, 6.07) is 15.5. The lowest BCUT2D eigenvalue weighted by Crippen LogP contribution is -2.37. The third-order valence-electron chi connectivity index (χ3n) is 6.30. The number of halogens is 1. The topological polar surface area (TPSA) is 113 Å². The number of methoxy groups -OCH3 is 1. The highest BCUT2D eigenvalue weighted by molar-refractivity contribution is 7.92. The minimum atomic E-state index is -3.94. The minimum absolute atomic E-state index is 0.0611. The quantitative estimate of drug-likeness (QED) is 0.410. The molecular formula is C26H28ClN3O6S2. The van der Waals surface area contributed by atoms with Gasteiger partial charge in [-0.15, -0.1) is 0 Å². The number of carbonyl (C=O) groups is 1. The van der Waals surface area contributed by atoms with Crippen LogP contribution in [0.15, 0.2) is 70.5 Å². The second-order valence-electron chi connectivity index (χ2n) is 8.74. The number of hydrogen-bond acceptors (Lipinski definition) is 6. The van der Waals surface area contributed by atoms with Gasteiger partial charge in [0.2, 0.25) is 15.9 Å². The van der Waals surface area contributed by atoms with E-state index in [-0.39, 0.29) is 22.9 Å². The molecule has 1 aliphatic rings. The molecule has 1 heterocycles. The summed E-state index contributed by atoms with van der Waals surface area (Å²) in [5, 5.41) is 3.14. The molecule has 3 aromatic carbocycles. The van der Waals surface area contributed by atoms with Crippen molar-refractivity contribution < 1.29 is 26.4 Å². The van der Waals surface area contributed by atoms with Gasteiger partial charge in [-0.3, -0.25) is 9.10 Å². The maximum absolute atomic E-state index is 13.2. The second-order valence-corrected chi connectivity index (χ2v) is 13.0. The van der Waals surface area contributed by atoms with Gasteiger partial charge < -0.3 is 10.1 Å². The van der Waals surface area contributed by atoms with Crippen LogP contribution in [0.2, 0.25) is 5.02 Å². The molecule has 1 aliphatic heterocycles. The van der Waals surface area contributed by atoms with E-state index >= 15 is 0 Å². The van der Waals surface area contributed by atoms with Crippen LogP contribution < -0.4 is 14.4 Å². The number of rotatable bonds is 9. The molecule has 9 nitrogen and oxygen atoms in total. The van der Waals surface area contributed by atoms with Crippen molar-refractivity contribution in [3.05, 3.63) is 76.8 Å². The van der Waals surface area contributed by atoms with Gasteiger partial charge in [-0.05, 0) is 79.1 Å². The molecule has 1 N–H and O–H groups in total. The van der Waals surface area contributed by atoms with Crippen LogP contribution >= 0.6 is 11.6 Å². The van der Waals surface area contributed by atoms with E-state index in [0.717, 1.165) is 9.87 Å². The summed E-state index contributed by atoms with van der Waals surface area (Å²) < 4.78 is 60.5. The first kappa shape index (κ1) is 27.9. The van der Waals surface area contributed by atoms with Crippen molar-refractivity contribution in [2.45, 2.75) is 30.1 Å². The number of carbonyl (C=O) groups excluding carboxylic acids is 1. The molecule has 0 atom stereocenters. The van der Waals surface area contributed by atoms with Gasteiger partial charge in [-0.2, -0.15) is 4.31 Å². The summed E-state index contributed by atoms with van der Waals surface area (Å²) >= 11 is 5.91. The van der Waals surface area contributed by atoms with Crippen molar-refractivity contribution in [1.82, 2.24) is 4.31 Å². The first-order chi connectivity index (χ1) is 18.0. The number of amides is 1. The number of ether oxygens (including phenoxy) is 1. The van der Waals surface area contributed by atoms with E-state index in [1.807, 2.05) is 0 Å². The van der Waals surface area contributed by atoms with Gasteiger partial charge in [0.15, 0.2) is 0 Å². The van der Waals surface area contributed by atoms with Gasteiger partial charge in [-0.25, -0.2) is 16.8 Å². The molecule has 0 fully saturated rings. The molecule has 12 heteroatoms. The Bertz CT molecular complexity index is 1570. The zero-order valence-corrected chi connectivity index (χ0v) is 23.5. The van der Waals surface area contributed by atoms with E-state index in [4.69, 9.17) is 16.3 Å². The Morgan fingerprint density at radius 1 is 1.03 bits per heavy atom. The Morgan fingerprint density at radius 2 is 1.71 bits per heavy atom. The highest BCUT2D eigenvalue weighted by Gasteiger charge is 2.31. The van der Waals surface area contributed by atoms with E-state index in [1.54, 1.807) is 38.1 Å². The number of fused-ring (bicyclic) bond motifs is 1. The molecule has 202 valence electrons. The van der Waals surface area contributed by atoms with Gasteiger partial charge in [0.1, 0.15) is 5.75 Å². The molecule has 0 saturated carbocycles. The third kappa shape index (κ3) is 5.51. The van der Waals surface area contributed by atoms with Crippen LogP contribution in [0.25, 0.3) is 0 Å². The highest BCUT2D eigenvalue weighted by Crippen LogP contribution is 2.35. The Balaban J connectivity index is 1.52. The zero-order valence-electron chi connectivity index (χ0n) is 21.1. The lowest BCUT2D eigenvalue weighted by Gasteiger charge is -2.22. The minimum Gasteiger partial charge on any atom is -0.496 e. The van der Waals surface area contributed by atoms with Crippen molar-refractivity contribution in [3.63, 3.8) is 0 Å². The summed E-state index contributed by atoms with van der Waals surface area (Å²) in [7, 11) is -6.26. The van der Waals surface area contributed by atoms with Crippen LogP contribution in [0.5, 0.6) is 5.75 Å². The average molecular weight is 578 g/mol. The molecule has 0 spiro atoms. The Morgan fingerprint density at radius 3 is 2.34 bits per heavy atom. The average Bonchev–Trinajstić information content (AvgIpc) is 3.31. The SMILES string of the molecule is CCN(CC(=O)Nc1ccc2c(c1)N(S(=O)(=O)c1ccc(Cl)cc1)CC2)S(=O)(=O)c1ccc(OC)c(C)c1. The van der Waals surface area contributed by atoms with Crippen molar-refractivity contribution in [2.75, 3.05) is 36.4 Å². The molecule has 4 rings (SSSR count). The molecule has 0 saturated heterocycles. The lowest BCUT2D eigenvalue weighted by molar-refractivity contribution is -0.116. The predicted molar refractivity (Wildman–Crippen MR) is 147 cm³/mol. The summed E-state index contributed by atoms with van der Waals surface area (Å²) in [5.74, 6) is 0.0131. The van der Waals surface area contributed by atoms with Crippen LogP contribution in [0, 0.1) is 6.92 Å². The second kappa shape index (κ2) is 10.9. The predicted octanol–water partition coefficient (Wildman–Crippen LogP) is 4.06. The summed E-state index contributed by atoms with van der Waals surface area (Å²) in [6.45, 7) is 3.33. The normalized spacial score (nSPS) is 13.4. The standard InChI is InChI=1S/C26H28ClN3O6S2/c1-4-29(37(32,33)23-11-12-25(36-3)18(2)15-23)17-26(31)28-21-8-5-19-13-14-30(24(19)16-21)38(34,35)22-9-6-20(27)7-10-22/h5-12,15-16H,4,13-14,17H2,1-3H3,(H,28,31). The van der Waals surface area contributed by atoms with Crippen LogP contribution in [-0.4, -0.2) is 53.8 Å². The molecule has 0 aromatic heterocycles. The lowest BCUT2D eigenvalue weighted by atomic mass is 10.1. The van der Waals surface area contributed by atoms with Crippen LogP contribution in [0.4, 0.5) is 11.4 Å². The fourth-order valence-electron chi connectivity index (χ4n) is 4.30. The summed E-state index contributed by atoms with van der Waals surface area (Å²) in [5.41, 5.74) is 2.31. The van der Waals surface area contributed by atoms with Crippen molar-refractivity contribution in [3.8, 4) is 5.75 Å². The highest BCUT2D eigenvalue weighted by atomic mass is 35.5. The Hall–Kier alpha value is -3.12. The first-order valence-electron chi connectivity index (χ1n) is 11.8. The number of anilines is 2. The van der Waals surface area contributed by atoms with Crippen molar-refractivity contribution >= 4 is 48.9 Å². The first-order valence-corrected chi connectivity index (χ1v) is 15.1. The molecule has 1 amide bonds. The largest absolute Gasteiger partial charge is 0.496 e. The van der Waals surface area contributed by atoms with E-state index in [0.29, 0.717) is 34.1 Å². The molecule has 0 radical (unpaired) electrons. The maximum Gasteiger partial charge on any atom is 0.264 e. The molecular weight excluding hydrogens is 550 g/mol. The van der Waals surface area contributed by atoms with Crippen molar-refractivity contribution in [1.29, 1.82) is 0 Å². The Labute approximate surface area is 228 Å². The number of nitrogens with one attached hydrogen (secondary N) is 1. The third-order valence-corrected chi connectivity index (χ3v) is 10.3. The number of likely N-dealkylation sites (N-methyl/N-ethyl adjacent to an activating group) is 1. The van der Waals surface area contributed by atoms with Crippen molar-refractivity contribution in [2.24, 2.45) is 0 Å². The van der Waals surface area contributed by atoms with Gasteiger partial charge in [-0.1, -0.05) is 24.6 Å². The zero-order chi connectivity index (χ0) is 27.7. The van der Waals surface area contributed by atoms with Gasteiger partial charge in [0, 0.05) is 23.8 Å². The fraction of sp³-hybridized carbons (Fsp3) is 0.269. The van der Waals surface area contributed by atoms with Crippen LogP contribution in [0.3, 0.4) is 0 Å². The summed E-state index contributed by atoms with van der Waals surface area (Å²) in [6.07, 6.45) is 0.527. The maximum atomic E-state index is 13.2. The van der Waals surface area contributed by atoms with Gasteiger partial charge in [0.05, 0.1) is 29.1 Å². The van der Waals surface area contributed by atoms with Crippen LogP contribution in [-0.2, 0) is 31.3 Å². The Kier molecular flexibility index (Phi) is 8.03. The molecule has 0 unspecified atom stereocenters. The number of nitrogens with zero attached hydrogens (tertiary/aromatic N) is 2. The van der Waals surface area contributed by atoms with Gasteiger partial charge >= 0.3 is 0 Å². The number of sulfonamides is 2. The molecule has 38 heavy (non-hydrogen) atoms. The van der Waals surface area contributed by atoms with Gasteiger partial charge in [0.25, 0.3) is 10.0 Å².